The molecule has 0 aliphatic carbocycles. The minimum atomic E-state index is -3.19. The molecule has 2 atom stereocenters. The summed E-state index contributed by atoms with van der Waals surface area (Å²) in [5.41, 5.74) is 1.19. The molecule has 3 nitrogen and oxygen atoms in total. The zero-order chi connectivity index (χ0) is 17.8. The zero-order valence-electron chi connectivity index (χ0n) is 13.1. The van der Waals surface area contributed by atoms with E-state index in [4.69, 9.17) is 0 Å². The Balaban J connectivity index is 2.08. The molecule has 3 aromatic rings. The van der Waals surface area contributed by atoms with Crippen molar-refractivity contribution in [1.29, 1.82) is 0 Å². The summed E-state index contributed by atoms with van der Waals surface area (Å²) in [6.07, 6.45) is -1.31. The summed E-state index contributed by atoms with van der Waals surface area (Å²) < 4.78 is 57.3. The number of fused-ring (bicyclic) bond motifs is 3. The number of β-amino-alcohol motifs (C(OH)–C–C–N with tert-alkyl or cyclic N) is 1. The lowest BCUT2D eigenvalue weighted by Crippen LogP contribution is -2.54. The predicted octanol–water partition coefficient (Wildman–Crippen LogP) is 3.54. The van der Waals surface area contributed by atoms with Gasteiger partial charge in [-0.1, -0.05) is 6.07 Å². The van der Waals surface area contributed by atoms with Crippen LogP contribution in [0, 0.1) is 5.82 Å². The number of hydrogen-bond acceptors (Lipinski definition) is 2. The van der Waals surface area contributed by atoms with Crippen LogP contribution >= 0.6 is 0 Å². The lowest BCUT2D eigenvalue weighted by molar-refractivity contribution is -0.110. The Morgan fingerprint density at radius 1 is 1.12 bits per heavy atom. The van der Waals surface area contributed by atoms with E-state index in [1.165, 1.54) is 28.8 Å². The fourth-order valence-electron chi connectivity index (χ4n) is 3.70. The van der Waals surface area contributed by atoms with Crippen LogP contribution in [0.2, 0.25) is 0 Å². The molecule has 2 aromatic carbocycles. The first-order chi connectivity index (χ1) is 11.9. The second kappa shape index (κ2) is 5.71. The van der Waals surface area contributed by atoms with Crippen molar-refractivity contribution in [3.8, 4) is 0 Å². The number of hydrogen-bond donors (Lipinski definition) is 2. The number of aliphatic hydroxyl groups is 1. The van der Waals surface area contributed by atoms with Crippen molar-refractivity contribution in [3.05, 3.63) is 47.8 Å². The Hall–Kier alpha value is -2.12. The summed E-state index contributed by atoms with van der Waals surface area (Å²) in [7, 11) is 0. The van der Waals surface area contributed by atoms with E-state index in [1.807, 2.05) is 0 Å². The summed E-state index contributed by atoms with van der Waals surface area (Å²) in [4.78, 5) is 0. The van der Waals surface area contributed by atoms with E-state index in [9.17, 15) is 22.7 Å². The monoisotopic (exact) mass is 352 g/mol. The van der Waals surface area contributed by atoms with Gasteiger partial charge in [-0.05, 0) is 35.9 Å². The van der Waals surface area contributed by atoms with Gasteiger partial charge in [0.2, 0.25) is 0 Å². The summed E-state index contributed by atoms with van der Waals surface area (Å²) in [6.45, 7) is -1.23. The number of piperidine rings is 1. The lowest BCUT2D eigenvalue weighted by Gasteiger charge is -2.37. The van der Waals surface area contributed by atoms with E-state index in [0.717, 1.165) is 0 Å². The summed E-state index contributed by atoms with van der Waals surface area (Å²) in [5.74, 6) is -3.70. The molecule has 25 heavy (non-hydrogen) atoms. The van der Waals surface area contributed by atoms with Crippen molar-refractivity contribution in [3.63, 3.8) is 0 Å². The van der Waals surface area contributed by atoms with Crippen molar-refractivity contribution in [2.24, 2.45) is 0 Å². The van der Waals surface area contributed by atoms with Gasteiger partial charge < -0.3 is 15.0 Å². The average Bonchev–Trinajstić information content (AvgIpc) is 2.87. The van der Waals surface area contributed by atoms with Gasteiger partial charge in [0.05, 0.1) is 12.6 Å². The van der Waals surface area contributed by atoms with Crippen molar-refractivity contribution in [2.45, 2.75) is 24.7 Å². The van der Waals surface area contributed by atoms with Crippen LogP contribution in [0.5, 0.6) is 0 Å². The molecule has 1 saturated heterocycles. The first-order valence-electron chi connectivity index (χ1n) is 7.97. The van der Waals surface area contributed by atoms with Gasteiger partial charge in [-0.25, -0.2) is 17.6 Å². The largest absolute Gasteiger partial charge is 0.389 e. The van der Waals surface area contributed by atoms with Crippen LogP contribution in [-0.4, -0.2) is 34.8 Å². The van der Waals surface area contributed by atoms with Gasteiger partial charge in [0, 0.05) is 28.4 Å². The average molecular weight is 352 g/mol. The van der Waals surface area contributed by atoms with Crippen LogP contribution in [0.4, 0.5) is 17.6 Å². The molecular formula is C18H16F4N2O. The number of benzene rings is 2. The Labute approximate surface area is 140 Å². The van der Waals surface area contributed by atoms with Gasteiger partial charge in [-0.2, -0.15) is 0 Å². The molecule has 0 radical (unpaired) electrons. The Morgan fingerprint density at radius 3 is 2.48 bits per heavy atom. The van der Waals surface area contributed by atoms with Crippen molar-refractivity contribution in [1.82, 2.24) is 9.88 Å². The highest BCUT2D eigenvalue weighted by Gasteiger charge is 2.48. The van der Waals surface area contributed by atoms with Crippen molar-refractivity contribution in [2.75, 3.05) is 13.1 Å². The molecular weight excluding hydrogens is 336 g/mol. The SMILES string of the molecule is O[C@H]1CNCC(F)(F)[C@@H]1n1c2ccc(F)cc2c2cc(CF)ccc21. The normalized spacial score (nSPS) is 23.4. The second-order valence-electron chi connectivity index (χ2n) is 6.42. The zero-order valence-corrected chi connectivity index (χ0v) is 13.1. The van der Waals surface area contributed by atoms with Gasteiger partial charge in [0.1, 0.15) is 18.5 Å². The molecule has 0 spiro atoms. The molecule has 1 aliphatic rings. The molecule has 0 saturated carbocycles. The number of nitrogens with zero attached hydrogens (tertiary/aromatic N) is 1. The third-order valence-corrected chi connectivity index (χ3v) is 4.77. The van der Waals surface area contributed by atoms with E-state index in [2.05, 4.69) is 5.32 Å². The van der Waals surface area contributed by atoms with E-state index in [-0.39, 0.29) is 6.54 Å². The predicted molar refractivity (Wildman–Crippen MR) is 87.1 cm³/mol. The number of aromatic nitrogens is 1. The molecule has 132 valence electrons. The Kier molecular flexibility index (Phi) is 3.73. The molecule has 4 rings (SSSR count). The first kappa shape index (κ1) is 16.4. The molecule has 0 unspecified atom stereocenters. The van der Waals surface area contributed by atoms with Gasteiger partial charge in [-0.3, -0.25) is 0 Å². The maximum atomic E-state index is 14.6. The maximum Gasteiger partial charge on any atom is 0.283 e. The van der Waals surface area contributed by atoms with E-state index < -0.39 is 37.1 Å². The topological polar surface area (TPSA) is 37.2 Å². The number of nitrogens with one attached hydrogen (secondary N) is 1. The third-order valence-electron chi connectivity index (χ3n) is 4.77. The van der Waals surface area contributed by atoms with Gasteiger partial charge in [0.15, 0.2) is 0 Å². The highest BCUT2D eigenvalue weighted by atomic mass is 19.3. The minimum Gasteiger partial charge on any atom is -0.389 e. The Bertz CT molecular complexity index is 953. The van der Waals surface area contributed by atoms with E-state index in [0.29, 0.717) is 27.4 Å². The second-order valence-corrected chi connectivity index (χ2v) is 6.42. The molecule has 2 N–H and O–H groups in total. The van der Waals surface area contributed by atoms with Gasteiger partial charge >= 0.3 is 0 Å². The molecule has 1 aromatic heterocycles. The van der Waals surface area contributed by atoms with Crippen LogP contribution in [0.3, 0.4) is 0 Å². The van der Waals surface area contributed by atoms with E-state index in [1.54, 1.807) is 12.1 Å². The van der Waals surface area contributed by atoms with Crippen molar-refractivity contribution >= 4 is 21.8 Å². The number of rotatable bonds is 2. The molecule has 0 amide bonds. The number of halogens is 4. The summed E-state index contributed by atoms with van der Waals surface area (Å²) in [6, 6.07) is 6.98. The lowest BCUT2D eigenvalue weighted by atomic mass is 9.98. The number of alkyl halides is 3. The smallest absolute Gasteiger partial charge is 0.283 e. The fourth-order valence-corrected chi connectivity index (χ4v) is 3.70. The quantitative estimate of drug-likeness (QED) is 0.692. The van der Waals surface area contributed by atoms with Crippen LogP contribution in [0.15, 0.2) is 36.4 Å². The fraction of sp³-hybridized carbons (Fsp3) is 0.333. The molecule has 1 fully saturated rings. The van der Waals surface area contributed by atoms with Crippen LogP contribution in [-0.2, 0) is 6.67 Å². The summed E-state index contributed by atoms with van der Waals surface area (Å²) >= 11 is 0. The minimum absolute atomic E-state index is 0.0329. The third kappa shape index (κ3) is 2.49. The standard InChI is InChI=1S/C18H16F4N2O/c19-7-10-1-3-14-12(5-10)13-6-11(20)2-4-15(13)24(14)17-16(25)8-23-9-18(17,21)22/h1-6,16-17,23,25H,7-9H2/t16-,17+/m0/s1. The molecule has 2 heterocycles. The van der Waals surface area contributed by atoms with Crippen LogP contribution in [0.1, 0.15) is 11.6 Å². The molecule has 1 aliphatic heterocycles. The van der Waals surface area contributed by atoms with Gasteiger partial charge in [-0.15, -0.1) is 0 Å². The molecule has 7 heteroatoms. The van der Waals surface area contributed by atoms with Crippen LogP contribution < -0.4 is 5.32 Å². The van der Waals surface area contributed by atoms with Gasteiger partial charge in [0.25, 0.3) is 5.92 Å². The van der Waals surface area contributed by atoms with E-state index >= 15 is 0 Å². The van der Waals surface area contributed by atoms with Crippen molar-refractivity contribution < 1.29 is 22.7 Å². The van der Waals surface area contributed by atoms with Crippen LogP contribution in [0.25, 0.3) is 21.8 Å². The number of aliphatic hydroxyl groups excluding tert-OH is 1. The highest BCUT2D eigenvalue weighted by molar-refractivity contribution is 6.08. The first-order valence-corrected chi connectivity index (χ1v) is 7.97. The molecule has 0 bridgehead atoms. The maximum absolute atomic E-state index is 14.6. The summed E-state index contributed by atoms with van der Waals surface area (Å²) in [5, 5.41) is 13.7. The highest BCUT2D eigenvalue weighted by Crippen LogP contribution is 2.41. The Morgan fingerprint density at radius 2 is 1.80 bits per heavy atom.